The zero-order valence-corrected chi connectivity index (χ0v) is 20.3. The Labute approximate surface area is 206 Å². The number of aromatic nitrogens is 5. The number of hydrogen-bond acceptors (Lipinski definition) is 6. The molecule has 1 atom stereocenters. The summed E-state index contributed by atoms with van der Waals surface area (Å²) in [7, 11) is 0. The van der Waals surface area contributed by atoms with Crippen molar-refractivity contribution in [3.63, 3.8) is 0 Å². The molecule has 1 saturated heterocycles. The summed E-state index contributed by atoms with van der Waals surface area (Å²) in [5.74, 6) is 0.839. The van der Waals surface area contributed by atoms with E-state index in [4.69, 9.17) is 0 Å². The van der Waals surface area contributed by atoms with Crippen molar-refractivity contribution in [3.05, 3.63) is 107 Å². The Hall–Kier alpha value is -3.68. The Morgan fingerprint density at radius 3 is 2.29 bits per heavy atom. The second-order valence-electron chi connectivity index (χ2n) is 9.02. The lowest BCUT2D eigenvalue weighted by Crippen LogP contribution is -2.48. The molecule has 7 nitrogen and oxygen atoms in total. The third-order valence-corrected chi connectivity index (χ3v) is 6.66. The molecule has 0 N–H and O–H groups in total. The van der Waals surface area contributed by atoms with E-state index in [0.717, 1.165) is 60.9 Å². The highest BCUT2D eigenvalue weighted by Gasteiger charge is 2.31. The first kappa shape index (κ1) is 23.1. The van der Waals surface area contributed by atoms with Crippen LogP contribution in [0, 0.1) is 13.8 Å². The molecule has 4 aromatic rings. The van der Waals surface area contributed by atoms with Crippen LogP contribution in [0.25, 0.3) is 11.8 Å². The van der Waals surface area contributed by atoms with Crippen LogP contribution in [0.5, 0.6) is 0 Å². The lowest BCUT2D eigenvalue weighted by atomic mass is 10.0. The van der Waals surface area contributed by atoms with E-state index in [1.807, 2.05) is 23.1 Å². The van der Waals surface area contributed by atoms with E-state index in [1.54, 1.807) is 0 Å². The highest BCUT2D eigenvalue weighted by molar-refractivity contribution is 5.49. The molecule has 2 aromatic heterocycles. The Balaban J connectivity index is 1.37. The van der Waals surface area contributed by atoms with Gasteiger partial charge in [0.2, 0.25) is 0 Å². The zero-order valence-electron chi connectivity index (χ0n) is 20.3. The van der Waals surface area contributed by atoms with Gasteiger partial charge in [0.25, 0.3) is 0 Å². The molecule has 2 aromatic carbocycles. The van der Waals surface area contributed by atoms with E-state index in [2.05, 4.69) is 111 Å². The molecular weight excluding hydrogens is 434 g/mol. The van der Waals surface area contributed by atoms with Crippen LogP contribution in [0.2, 0.25) is 0 Å². The summed E-state index contributed by atoms with van der Waals surface area (Å²) in [6, 6.07) is 20.8. The molecule has 0 saturated carbocycles. The van der Waals surface area contributed by atoms with E-state index in [1.165, 1.54) is 5.56 Å². The fourth-order valence-corrected chi connectivity index (χ4v) is 4.84. The van der Waals surface area contributed by atoms with Gasteiger partial charge in [-0.05, 0) is 58.7 Å². The molecule has 178 valence electrons. The quantitative estimate of drug-likeness (QED) is 0.410. The van der Waals surface area contributed by atoms with Crippen molar-refractivity contribution in [1.82, 2.24) is 35.0 Å². The van der Waals surface area contributed by atoms with Crippen LogP contribution in [0.15, 0.2) is 79.1 Å². The molecule has 1 aliphatic rings. The number of para-hydroxylation sites is 1. The average Bonchev–Trinajstić information content (AvgIpc) is 3.35. The Morgan fingerprint density at radius 1 is 0.857 bits per heavy atom. The van der Waals surface area contributed by atoms with Gasteiger partial charge in [-0.2, -0.15) is 4.68 Å². The fourth-order valence-electron chi connectivity index (χ4n) is 4.84. The third-order valence-electron chi connectivity index (χ3n) is 6.66. The van der Waals surface area contributed by atoms with Crippen LogP contribution in [0.4, 0.5) is 0 Å². The van der Waals surface area contributed by atoms with Gasteiger partial charge in [0, 0.05) is 45.1 Å². The van der Waals surface area contributed by atoms with E-state index in [0.29, 0.717) is 0 Å². The molecule has 0 amide bonds. The minimum atomic E-state index is -0.0472. The van der Waals surface area contributed by atoms with Gasteiger partial charge in [0.1, 0.15) is 0 Å². The van der Waals surface area contributed by atoms with Crippen molar-refractivity contribution in [2.45, 2.75) is 19.9 Å². The van der Waals surface area contributed by atoms with Gasteiger partial charge in [-0.15, -0.1) is 5.10 Å². The lowest BCUT2D eigenvalue weighted by Gasteiger charge is -2.38. The first-order valence-corrected chi connectivity index (χ1v) is 12.1. The van der Waals surface area contributed by atoms with Crippen LogP contribution in [-0.2, 0) is 0 Å². The minimum Gasteiger partial charge on any atom is -0.297 e. The predicted molar refractivity (Wildman–Crippen MR) is 138 cm³/mol. The van der Waals surface area contributed by atoms with Crippen molar-refractivity contribution in [1.29, 1.82) is 0 Å². The molecular formula is C28H31N7. The van der Waals surface area contributed by atoms with E-state index in [-0.39, 0.29) is 6.04 Å². The number of piperazine rings is 1. The van der Waals surface area contributed by atoms with Crippen molar-refractivity contribution in [2.24, 2.45) is 0 Å². The molecule has 0 unspecified atom stereocenters. The Kier molecular flexibility index (Phi) is 7.07. The summed E-state index contributed by atoms with van der Waals surface area (Å²) in [5, 5.41) is 13.1. The normalized spacial score (nSPS) is 16.1. The number of aryl methyl sites for hydroxylation is 2. The maximum Gasteiger partial charge on any atom is 0.178 e. The Bertz CT molecular complexity index is 1240. The maximum absolute atomic E-state index is 4.54. The maximum atomic E-state index is 4.54. The lowest BCUT2D eigenvalue weighted by molar-refractivity contribution is 0.113. The first-order chi connectivity index (χ1) is 17.2. The summed E-state index contributed by atoms with van der Waals surface area (Å²) >= 11 is 0. The number of benzene rings is 2. The van der Waals surface area contributed by atoms with Crippen LogP contribution < -0.4 is 0 Å². The van der Waals surface area contributed by atoms with Crippen molar-refractivity contribution in [3.8, 4) is 5.69 Å². The van der Waals surface area contributed by atoms with Gasteiger partial charge in [-0.3, -0.25) is 14.8 Å². The average molecular weight is 466 g/mol. The standard InChI is InChI=1S/C28H31N7/c1-22-8-6-9-23(2)26(22)35-28(30-31-32-35)27(25-13-15-29-16-14-25)34-20-18-33(19-21-34)17-7-12-24-10-4-3-5-11-24/h3-16,27H,17-21H2,1-2H3/b12-7+/t27-/m0/s1. The van der Waals surface area contributed by atoms with Gasteiger partial charge in [0.15, 0.2) is 5.82 Å². The topological polar surface area (TPSA) is 63.0 Å². The van der Waals surface area contributed by atoms with Gasteiger partial charge in [0.05, 0.1) is 11.7 Å². The van der Waals surface area contributed by atoms with Crippen molar-refractivity contribution in [2.75, 3.05) is 32.7 Å². The predicted octanol–water partition coefficient (Wildman–Crippen LogP) is 4.09. The summed E-state index contributed by atoms with van der Waals surface area (Å²) < 4.78 is 1.92. The monoisotopic (exact) mass is 465 g/mol. The first-order valence-electron chi connectivity index (χ1n) is 12.1. The number of hydrogen-bond donors (Lipinski definition) is 0. The number of nitrogens with zero attached hydrogens (tertiary/aromatic N) is 7. The number of tetrazole rings is 1. The van der Waals surface area contributed by atoms with Crippen molar-refractivity contribution < 1.29 is 0 Å². The second-order valence-corrected chi connectivity index (χ2v) is 9.02. The highest BCUT2D eigenvalue weighted by atomic mass is 15.6. The summed E-state index contributed by atoms with van der Waals surface area (Å²) in [6.45, 7) is 9.02. The smallest absolute Gasteiger partial charge is 0.178 e. The Morgan fingerprint density at radius 2 is 1.57 bits per heavy atom. The molecule has 3 heterocycles. The highest BCUT2D eigenvalue weighted by Crippen LogP contribution is 2.30. The molecule has 0 bridgehead atoms. The number of rotatable bonds is 7. The van der Waals surface area contributed by atoms with Gasteiger partial charge in [-0.25, -0.2) is 0 Å². The molecule has 35 heavy (non-hydrogen) atoms. The third kappa shape index (κ3) is 5.21. The summed E-state index contributed by atoms with van der Waals surface area (Å²) in [4.78, 5) is 9.22. The minimum absolute atomic E-state index is 0.0472. The molecule has 5 rings (SSSR count). The van der Waals surface area contributed by atoms with Gasteiger partial charge < -0.3 is 0 Å². The fraction of sp³-hybridized carbons (Fsp3) is 0.286. The van der Waals surface area contributed by atoms with Crippen LogP contribution in [0.1, 0.15) is 34.1 Å². The van der Waals surface area contributed by atoms with Gasteiger partial charge in [-0.1, -0.05) is 60.7 Å². The van der Waals surface area contributed by atoms with E-state index >= 15 is 0 Å². The molecule has 0 spiro atoms. The van der Waals surface area contributed by atoms with Crippen LogP contribution in [-0.4, -0.2) is 67.7 Å². The van der Waals surface area contributed by atoms with Crippen LogP contribution >= 0.6 is 0 Å². The SMILES string of the molecule is Cc1cccc(C)c1-n1nnnc1[C@H](c1ccncc1)N1CCN(C/C=C/c2ccccc2)CC1. The molecule has 0 radical (unpaired) electrons. The summed E-state index contributed by atoms with van der Waals surface area (Å²) in [6.07, 6.45) is 8.15. The molecule has 0 aliphatic carbocycles. The number of pyridine rings is 1. The van der Waals surface area contributed by atoms with E-state index < -0.39 is 0 Å². The second kappa shape index (κ2) is 10.7. The largest absolute Gasteiger partial charge is 0.297 e. The van der Waals surface area contributed by atoms with Crippen molar-refractivity contribution >= 4 is 6.08 Å². The van der Waals surface area contributed by atoms with E-state index in [9.17, 15) is 0 Å². The van der Waals surface area contributed by atoms with Gasteiger partial charge >= 0.3 is 0 Å². The summed E-state index contributed by atoms with van der Waals surface area (Å²) in [5.41, 5.74) is 5.75. The molecule has 7 heteroatoms. The zero-order chi connectivity index (χ0) is 24.0. The van der Waals surface area contributed by atoms with Crippen LogP contribution in [0.3, 0.4) is 0 Å². The molecule has 1 fully saturated rings. The molecule has 1 aliphatic heterocycles.